The molecule has 2 nitrogen and oxygen atoms in total. The Labute approximate surface area is 99.3 Å². The van der Waals surface area contributed by atoms with Crippen molar-refractivity contribution in [3.8, 4) is 0 Å². The number of alkyl halides is 1. The van der Waals surface area contributed by atoms with E-state index in [1.165, 1.54) is 0 Å². The van der Waals surface area contributed by atoms with Crippen LogP contribution in [0.25, 0.3) is 0 Å². The van der Waals surface area contributed by atoms with Crippen molar-refractivity contribution in [2.24, 2.45) is 0 Å². The first-order chi connectivity index (χ1) is 7.19. The average Bonchev–Trinajstić information content (AvgIpc) is 2.28. The van der Waals surface area contributed by atoms with Crippen molar-refractivity contribution in [2.45, 2.75) is 23.5 Å². The third-order valence-electron chi connectivity index (χ3n) is 2.23. The number of benzene rings is 1. The molecule has 0 aliphatic heterocycles. The van der Waals surface area contributed by atoms with E-state index in [1.54, 1.807) is 11.8 Å². The molecular weight excluding hydrogens is 232 g/mol. The largest absolute Gasteiger partial charge is 0.390 e. The molecule has 0 saturated heterocycles. The van der Waals surface area contributed by atoms with E-state index >= 15 is 0 Å². The Morgan fingerprint density at radius 2 is 1.87 bits per heavy atom. The normalized spacial score (nSPS) is 14.9. The van der Waals surface area contributed by atoms with Gasteiger partial charge in [0.05, 0.1) is 6.10 Å². The molecule has 2 N–H and O–H groups in total. The van der Waals surface area contributed by atoms with Crippen LogP contribution in [0, 0.1) is 0 Å². The van der Waals surface area contributed by atoms with Crippen LogP contribution in [0.2, 0.25) is 0 Å². The molecule has 2 unspecified atom stereocenters. The summed E-state index contributed by atoms with van der Waals surface area (Å²) in [6.45, 7) is 0. The molecule has 4 heteroatoms. The molecule has 2 atom stereocenters. The molecule has 0 aliphatic rings. The van der Waals surface area contributed by atoms with Crippen LogP contribution in [-0.2, 0) is 0 Å². The molecule has 0 radical (unpaired) electrons. The lowest BCUT2D eigenvalue weighted by Crippen LogP contribution is -2.18. The summed E-state index contributed by atoms with van der Waals surface area (Å²) in [6.07, 6.45) is 0.753. The monoisotopic (exact) mass is 246 g/mol. The summed E-state index contributed by atoms with van der Waals surface area (Å²) >= 11 is 7.14. The minimum Gasteiger partial charge on any atom is -0.390 e. The summed E-state index contributed by atoms with van der Waals surface area (Å²) in [5.41, 5.74) is 0.727. The van der Waals surface area contributed by atoms with Gasteiger partial charge < -0.3 is 10.2 Å². The van der Waals surface area contributed by atoms with Crippen molar-refractivity contribution in [3.63, 3.8) is 0 Å². The standard InChI is InChI=1S/C11H15ClO2S/c1-15-9-4-2-8(3-5-9)11(14)10(13)6-7-12/h2-5,10-11,13-14H,6-7H2,1H3. The number of hydrogen-bond donors (Lipinski definition) is 2. The lowest BCUT2D eigenvalue weighted by atomic mass is 10.0. The molecule has 0 aliphatic carbocycles. The number of hydrogen-bond acceptors (Lipinski definition) is 3. The lowest BCUT2D eigenvalue weighted by Gasteiger charge is -2.17. The number of rotatable bonds is 5. The molecule has 15 heavy (non-hydrogen) atoms. The van der Waals surface area contributed by atoms with Crippen LogP contribution in [0.4, 0.5) is 0 Å². The zero-order valence-electron chi connectivity index (χ0n) is 8.56. The maximum Gasteiger partial charge on any atom is 0.105 e. The van der Waals surface area contributed by atoms with E-state index in [-0.39, 0.29) is 0 Å². The maximum absolute atomic E-state index is 9.77. The highest BCUT2D eigenvalue weighted by molar-refractivity contribution is 7.98. The minimum atomic E-state index is -0.848. The highest BCUT2D eigenvalue weighted by Crippen LogP contribution is 2.22. The third kappa shape index (κ3) is 3.68. The fourth-order valence-electron chi connectivity index (χ4n) is 1.29. The Morgan fingerprint density at radius 1 is 1.27 bits per heavy atom. The summed E-state index contributed by atoms with van der Waals surface area (Å²) in [7, 11) is 0. The van der Waals surface area contributed by atoms with Crippen molar-refractivity contribution in [1.29, 1.82) is 0 Å². The SMILES string of the molecule is CSc1ccc(C(O)C(O)CCCl)cc1. The van der Waals surface area contributed by atoms with Crippen LogP contribution in [0.5, 0.6) is 0 Å². The van der Waals surface area contributed by atoms with Gasteiger partial charge in [0.25, 0.3) is 0 Å². The van der Waals surface area contributed by atoms with Crippen molar-refractivity contribution < 1.29 is 10.2 Å². The van der Waals surface area contributed by atoms with Gasteiger partial charge in [-0.1, -0.05) is 12.1 Å². The molecule has 0 spiro atoms. The predicted octanol–water partition coefficient (Wildman–Crippen LogP) is 2.43. The maximum atomic E-state index is 9.77. The highest BCUT2D eigenvalue weighted by Gasteiger charge is 2.17. The molecule has 0 heterocycles. The first kappa shape index (κ1) is 12.8. The fraction of sp³-hybridized carbons (Fsp3) is 0.455. The Bertz CT molecular complexity index is 289. The molecule has 0 saturated carbocycles. The number of thioether (sulfide) groups is 1. The molecule has 0 aromatic heterocycles. The molecule has 0 bridgehead atoms. The second-order valence-corrected chi connectivity index (χ2v) is 4.52. The Hall–Kier alpha value is -0.220. The van der Waals surface area contributed by atoms with Crippen molar-refractivity contribution in [1.82, 2.24) is 0 Å². The fourth-order valence-corrected chi connectivity index (χ4v) is 1.92. The van der Waals surface area contributed by atoms with Crippen molar-refractivity contribution >= 4 is 23.4 Å². The predicted molar refractivity (Wildman–Crippen MR) is 64.5 cm³/mol. The molecule has 1 aromatic rings. The molecule has 0 fully saturated rings. The minimum absolute atomic E-state index is 0.348. The molecule has 84 valence electrons. The summed E-state index contributed by atoms with van der Waals surface area (Å²) < 4.78 is 0. The van der Waals surface area contributed by atoms with E-state index in [0.29, 0.717) is 12.3 Å². The smallest absolute Gasteiger partial charge is 0.105 e. The first-order valence-corrected chi connectivity index (χ1v) is 6.51. The number of aliphatic hydroxyl groups excluding tert-OH is 2. The van der Waals surface area contributed by atoms with Crippen LogP contribution >= 0.6 is 23.4 Å². The van der Waals surface area contributed by atoms with Gasteiger partial charge in [0, 0.05) is 10.8 Å². The summed E-state index contributed by atoms with van der Waals surface area (Å²) in [4.78, 5) is 1.14. The molecule has 1 rings (SSSR count). The van der Waals surface area contributed by atoms with E-state index < -0.39 is 12.2 Å². The topological polar surface area (TPSA) is 40.5 Å². The zero-order chi connectivity index (χ0) is 11.3. The zero-order valence-corrected chi connectivity index (χ0v) is 10.1. The third-order valence-corrected chi connectivity index (χ3v) is 3.19. The molecule has 1 aromatic carbocycles. The van der Waals surface area contributed by atoms with Gasteiger partial charge in [-0.05, 0) is 30.4 Å². The lowest BCUT2D eigenvalue weighted by molar-refractivity contribution is 0.0170. The van der Waals surface area contributed by atoms with Crippen LogP contribution < -0.4 is 0 Å². The van der Waals surface area contributed by atoms with Gasteiger partial charge in [0.2, 0.25) is 0 Å². The second kappa shape index (κ2) is 6.38. The van der Waals surface area contributed by atoms with Crippen LogP contribution in [0.3, 0.4) is 0 Å². The Balaban J connectivity index is 2.69. The van der Waals surface area contributed by atoms with Crippen molar-refractivity contribution in [2.75, 3.05) is 12.1 Å². The quantitative estimate of drug-likeness (QED) is 0.619. The van der Waals surface area contributed by atoms with Gasteiger partial charge in [-0.3, -0.25) is 0 Å². The summed E-state index contributed by atoms with van der Waals surface area (Å²) in [5.74, 6) is 0.348. The van der Waals surface area contributed by atoms with E-state index in [2.05, 4.69) is 0 Å². The number of halogens is 1. The summed E-state index contributed by atoms with van der Waals surface area (Å²) in [5, 5.41) is 19.3. The van der Waals surface area contributed by atoms with Gasteiger partial charge >= 0.3 is 0 Å². The van der Waals surface area contributed by atoms with Crippen molar-refractivity contribution in [3.05, 3.63) is 29.8 Å². The number of aliphatic hydroxyl groups is 2. The van der Waals surface area contributed by atoms with Gasteiger partial charge in [0.1, 0.15) is 6.10 Å². The van der Waals surface area contributed by atoms with E-state index in [1.807, 2.05) is 30.5 Å². The average molecular weight is 247 g/mol. The molecular formula is C11H15ClO2S. The van der Waals surface area contributed by atoms with E-state index in [4.69, 9.17) is 11.6 Å². The van der Waals surface area contributed by atoms with E-state index in [0.717, 1.165) is 10.5 Å². The van der Waals surface area contributed by atoms with E-state index in [9.17, 15) is 10.2 Å². The van der Waals surface area contributed by atoms with Gasteiger partial charge in [-0.25, -0.2) is 0 Å². The summed E-state index contributed by atoms with van der Waals surface area (Å²) in [6, 6.07) is 7.51. The van der Waals surface area contributed by atoms with Gasteiger partial charge in [-0.15, -0.1) is 23.4 Å². The Morgan fingerprint density at radius 3 is 2.33 bits per heavy atom. The van der Waals surface area contributed by atoms with Crippen LogP contribution in [0.15, 0.2) is 29.2 Å². The molecule has 0 amide bonds. The van der Waals surface area contributed by atoms with Gasteiger partial charge in [-0.2, -0.15) is 0 Å². The first-order valence-electron chi connectivity index (χ1n) is 4.75. The highest BCUT2D eigenvalue weighted by atomic mass is 35.5. The van der Waals surface area contributed by atoms with Gasteiger partial charge in [0.15, 0.2) is 0 Å². The van der Waals surface area contributed by atoms with Crippen LogP contribution in [0.1, 0.15) is 18.1 Å². The second-order valence-electron chi connectivity index (χ2n) is 3.26. The Kier molecular flexibility index (Phi) is 5.47. The van der Waals surface area contributed by atoms with Crippen LogP contribution in [-0.4, -0.2) is 28.5 Å².